The van der Waals surface area contributed by atoms with Gasteiger partial charge in [-0.15, -0.1) is 11.3 Å². The molecule has 6 heteroatoms. The highest BCUT2D eigenvalue weighted by atomic mass is 32.1. The lowest BCUT2D eigenvalue weighted by atomic mass is 10.2. The van der Waals surface area contributed by atoms with Gasteiger partial charge in [-0.25, -0.2) is 15.0 Å². The summed E-state index contributed by atoms with van der Waals surface area (Å²) in [5.74, 6) is 1.07. The fraction of sp³-hybridized carbons (Fsp3) is 0.267. The summed E-state index contributed by atoms with van der Waals surface area (Å²) >= 11 is 1.67. The van der Waals surface area contributed by atoms with E-state index in [0.717, 1.165) is 36.8 Å². The lowest BCUT2D eigenvalue weighted by Gasteiger charge is -2.36. The molecule has 0 amide bonds. The zero-order chi connectivity index (χ0) is 14.1. The number of nitrogens with zero attached hydrogens (tertiary/aromatic N) is 4. The molecular weight excluding hydrogens is 282 g/mol. The van der Waals surface area contributed by atoms with Gasteiger partial charge in [-0.2, -0.15) is 0 Å². The summed E-state index contributed by atoms with van der Waals surface area (Å²) in [4.78, 5) is 17.7. The third-order valence-corrected chi connectivity index (χ3v) is 4.71. The molecule has 1 aliphatic rings. The molecule has 0 spiro atoms. The maximum atomic E-state index is 4.50. The van der Waals surface area contributed by atoms with Gasteiger partial charge >= 0.3 is 0 Å². The first kappa shape index (κ1) is 12.5. The largest absolute Gasteiger partial charge is 0.368 e. The van der Waals surface area contributed by atoms with Crippen LogP contribution in [-0.4, -0.2) is 36.1 Å². The molecule has 1 aliphatic heterocycles. The monoisotopic (exact) mass is 298 g/mol. The molecule has 0 aliphatic carbocycles. The van der Waals surface area contributed by atoms with Crippen molar-refractivity contribution in [3.05, 3.63) is 42.3 Å². The Hall–Kier alpha value is -2.21. The number of fused-ring (bicyclic) bond motifs is 1. The number of hydrogen-bond donors (Lipinski definition) is 0. The fourth-order valence-electron chi connectivity index (χ4n) is 2.79. The normalized spacial score (nSPS) is 15.6. The Kier molecular flexibility index (Phi) is 3.16. The molecule has 0 unspecified atom stereocenters. The number of aromatic amines is 1. The standard InChI is InChI=1S/C15H15N5S/c1-4-16-5-2-12(1)19-6-8-20(9-7-19)14-13-3-10-21-15(13)18-11-17-14/h1-5,10-11H,6-9H2/p+1. The highest BCUT2D eigenvalue weighted by Gasteiger charge is 2.20. The third kappa shape index (κ3) is 2.31. The third-order valence-electron chi connectivity index (χ3n) is 3.89. The van der Waals surface area contributed by atoms with Crippen LogP contribution in [-0.2, 0) is 0 Å². The second-order valence-electron chi connectivity index (χ2n) is 5.07. The van der Waals surface area contributed by atoms with Crippen LogP contribution in [0.2, 0.25) is 0 Å². The van der Waals surface area contributed by atoms with Crippen molar-refractivity contribution in [1.82, 2.24) is 9.97 Å². The zero-order valence-corrected chi connectivity index (χ0v) is 12.4. The van der Waals surface area contributed by atoms with E-state index in [1.807, 2.05) is 12.4 Å². The Morgan fingerprint density at radius 1 is 0.952 bits per heavy atom. The Morgan fingerprint density at radius 3 is 2.52 bits per heavy atom. The van der Waals surface area contributed by atoms with Crippen LogP contribution in [0.15, 0.2) is 42.3 Å². The van der Waals surface area contributed by atoms with Crippen molar-refractivity contribution in [2.75, 3.05) is 36.0 Å². The number of H-pyrrole nitrogens is 1. The van der Waals surface area contributed by atoms with Gasteiger partial charge in [0.1, 0.15) is 17.0 Å². The van der Waals surface area contributed by atoms with Gasteiger partial charge in [0.15, 0.2) is 12.4 Å². The molecule has 0 bridgehead atoms. The van der Waals surface area contributed by atoms with Crippen LogP contribution in [0.25, 0.3) is 10.2 Å². The molecule has 1 N–H and O–H groups in total. The molecule has 0 saturated carbocycles. The second kappa shape index (κ2) is 5.29. The number of nitrogens with one attached hydrogen (secondary N) is 1. The van der Waals surface area contributed by atoms with Gasteiger partial charge in [-0.05, 0) is 11.4 Å². The van der Waals surface area contributed by atoms with Gasteiger partial charge in [0.05, 0.1) is 5.39 Å². The fourth-order valence-corrected chi connectivity index (χ4v) is 3.52. The van der Waals surface area contributed by atoms with Crippen molar-refractivity contribution >= 4 is 33.1 Å². The number of aromatic nitrogens is 3. The van der Waals surface area contributed by atoms with Crippen LogP contribution in [0.4, 0.5) is 11.5 Å². The molecule has 5 nitrogen and oxygen atoms in total. The van der Waals surface area contributed by atoms with Crippen LogP contribution in [0, 0.1) is 0 Å². The number of hydrogen-bond acceptors (Lipinski definition) is 5. The maximum Gasteiger partial charge on any atom is 0.169 e. The van der Waals surface area contributed by atoms with Crippen molar-refractivity contribution in [2.45, 2.75) is 0 Å². The van der Waals surface area contributed by atoms with Crippen molar-refractivity contribution in [3.8, 4) is 0 Å². The molecule has 0 atom stereocenters. The lowest BCUT2D eigenvalue weighted by molar-refractivity contribution is -0.377. The minimum Gasteiger partial charge on any atom is -0.368 e. The Balaban J connectivity index is 1.54. The van der Waals surface area contributed by atoms with E-state index in [0.29, 0.717) is 0 Å². The van der Waals surface area contributed by atoms with Crippen molar-refractivity contribution < 1.29 is 4.98 Å². The number of rotatable bonds is 2. The van der Waals surface area contributed by atoms with Crippen LogP contribution in [0.1, 0.15) is 0 Å². The maximum absolute atomic E-state index is 4.50. The van der Waals surface area contributed by atoms with Crippen LogP contribution in [0.3, 0.4) is 0 Å². The van der Waals surface area contributed by atoms with Crippen LogP contribution < -0.4 is 14.8 Å². The van der Waals surface area contributed by atoms with Gasteiger partial charge in [0, 0.05) is 44.0 Å². The summed E-state index contributed by atoms with van der Waals surface area (Å²) in [5, 5.41) is 3.25. The molecule has 106 valence electrons. The molecule has 1 saturated heterocycles. The van der Waals surface area contributed by atoms with E-state index in [2.05, 4.69) is 48.3 Å². The smallest absolute Gasteiger partial charge is 0.169 e. The van der Waals surface area contributed by atoms with Gasteiger partial charge in [-0.1, -0.05) is 0 Å². The van der Waals surface area contributed by atoms with Crippen molar-refractivity contribution in [1.29, 1.82) is 0 Å². The van der Waals surface area contributed by atoms with Gasteiger partial charge < -0.3 is 9.80 Å². The molecule has 21 heavy (non-hydrogen) atoms. The van der Waals surface area contributed by atoms with E-state index in [1.54, 1.807) is 17.7 Å². The van der Waals surface area contributed by atoms with E-state index < -0.39 is 0 Å². The summed E-state index contributed by atoms with van der Waals surface area (Å²) in [6.45, 7) is 4.00. The zero-order valence-electron chi connectivity index (χ0n) is 11.6. The Labute approximate surface area is 126 Å². The van der Waals surface area contributed by atoms with Crippen molar-refractivity contribution in [3.63, 3.8) is 0 Å². The summed E-state index contributed by atoms with van der Waals surface area (Å²) in [7, 11) is 0. The molecule has 3 aromatic rings. The summed E-state index contributed by atoms with van der Waals surface area (Å²) in [5.41, 5.74) is 1.27. The highest BCUT2D eigenvalue weighted by molar-refractivity contribution is 7.16. The molecule has 3 aromatic heterocycles. The number of thiophene rings is 1. The van der Waals surface area contributed by atoms with E-state index >= 15 is 0 Å². The predicted octanol–water partition coefficient (Wildman–Crippen LogP) is 1.83. The summed E-state index contributed by atoms with van der Waals surface area (Å²) in [6.07, 6.45) is 5.62. The van der Waals surface area contributed by atoms with E-state index in [4.69, 9.17) is 0 Å². The van der Waals surface area contributed by atoms with E-state index in [1.165, 1.54) is 11.1 Å². The molecule has 4 rings (SSSR count). The first-order valence-corrected chi connectivity index (χ1v) is 7.94. The predicted molar refractivity (Wildman–Crippen MR) is 84.8 cm³/mol. The number of pyridine rings is 1. The average molecular weight is 298 g/mol. The van der Waals surface area contributed by atoms with Gasteiger partial charge in [0.25, 0.3) is 0 Å². The summed E-state index contributed by atoms with van der Waals surface area (Å²) in [6, 6.07) is 6.36. The number of piperazine rings is 1. The average Bonchev–Trinajstić information content (AvgIpc) is 3.04. The van der Waals surface area contributed by atoms with Crippen LogP contribution >= 0.6 is 11.3 Å². The number of anilines is 2. The molecular formula is C15H16N5S+. The minimum atomic E-state index is 0.987. The molecule has 4 heterocycles. The second-order valence-corrected chi connectivity index (χ2v) is 5.96. The summed E-state index contributed by atoms with van der Waals surface area (Å²) < 4.78 is 0. The molecule has 0 radical (unpaired) electrons. The first-order chi connectivity index (χ1) is 10.4. The minimum absolute atomic E-state index is 0.987. The Bertz CT molecular complexity index is 734. The topological polar surface area (TPSA) is 46.4 Å². The Morgan fingerprint density at radius 2 is 1.71 bits per heavy atom. The van der Waals surface area contributed by atoms with Gasteiger partial charge in [-0.3, -0.25) is 0 Å². The molecule has 0 aromatic carbocycles. The quantitative estimate of drug-likeness (QED) is 0.724. The highest BCUT2D eigenvalue weighted by Crippen LogP contribution is 2.27. The first-order valence-electron chi connectivity index (χ1n) is 7.06. The molecule has 1 fully saturated rings. The van der Waals surface area contributed by atoms with Crippen molar-refractivity contribution in [2.24, 2.45) is 0 Å². The van der Waals surface area contributed by atoms with E-state index in [-0.39, 0.29) is 0 Å². The van der Waals surface area contributed by atoms with E-state index in [9.17, 15) is 0 Å². The lowest BCUT2D eigenvalue weighted by Crippen LogP contribution is -2.47. The van der Waals surface area contributed by atoms with Gasteiger partial charge in [0.2, 0.25) is 0 Å². The SMILES string of the molecule is c1nc(N2CCN(c3cc[nH+]cc3)CC2)c2ccsc2n1. The van der Waals surface area contributed by atoms with Crippen LogP contribution in [0.5, 0.6) is 0 Å².